The van der Waals surface area contributed by atoms with E-state index >= 15 is 0 Å². The molecule has 0 unspecified atom stereocenters. The molecule has 0 amide bonds. The average Bonchev–Trinajstić information content (AvgIpc) is 3.53. The van der Waals surface area contributed by atoms with Crippen LogP contribution in [0.3, 0.4) is 0 Å². The zero-order valence-electron chi connectivity index (χ0n) is 18.7. The molecule has 33 heavy (non-hydrogen) atoms. The lowest BCUT2D eigenvalue weighted by Gasteiger charge is -2.34. The third kappa shape index (κ3) is 3.95. The summed E-state index contributed by atoms with van der Waals surface area (Å²) in [6, 6.07) is 14.4. The Morgan fingerprint density at radius 1 is 0.970 bits per heavy atom. The minimum Gasteiger partial charge on any atom is -0.384 e. The van der Waals surface area contributed by atoms with E-state index < -0.39 is 5.82 Å². The Balaban J connectivity index is 1.15. The molecule has 7 nitrogen and oxygen atoms in total. The van der Waals surface area contributed by atoms with Crippen LogP contribution in [0.2, 0.25) is 0 Å². The Labute approximate surface area is 193 Å². The summed E-state index contributed by atoms with van der Waals surface area (Å²) in [5, 5.41) is 9.79. The fourth-order valence-corrected chi connectivity index (χ4v) is 4.79. The molecule has 1 saturated carbocycles. The number of hydrogen-bond donors (Lipinski definition) is 3. The van der Waals surface area contributed by atoms with Crippen molar-refractivity contribution in [3.8, 4) is 0 Å². The largest absolute Gasteiger partial charge is 0.384 e. The van der Waals surface area contributed by atoms with Crippen molar-refractivity contribution in [2.24, 2.45) is 0 Å². The maximum absolute atomic E-state index is 14.4. The van der Waals surface area contributed by atoms with Gasteiger partial charge in [-0.25, -0.2) is 9.37 Å². The van der Waals surface area contributed by atoms with Gasteiger partial charge in [0.05, 0.1) is 6.20 Å². The fraction of sp³-hybridized carbons (Fsp3) is 0.360. The fourth-order valence-electron chi connectivity index (χ4n) is 4.79. The van der Waals surface area contributed by atoms with Gasteiger partial charge in [0.25, 0.3) is 0 Å². The SMILES string of the molecule is CN1CCN(c2ccc(Nc3ncc(F)c(Nc4ccc5c(c4)NCC54CC4)n3)cc2)CC1. The quantitative estimate of drug-likeness (QED) is 0.541. The van der Waals surface area contributed by atoms with Gasteiger partial charge >= 0.3 is 0 Å². The van der Waals surface area contributed by atoms with Crippen molar-refractivity contribution in [2.45, 2.75) is 18.3 Å². The number of hydrogen-bond acceptors (Lipinski definition) is 7. The molecule has 2 fully saturated rings. The van der Waals surface area contributed by atoms with Crippen LogP contribution in [0.25, 0.3) is 0 Å². The number of piperazine rings is 1. The van der Waals surface area contributed by atoms with E-state index in [0.29, 0.717) is 11.4 Å². The molecular formula is C25H28FN7. The number of benzene rings is 2. The third-order valence-corrected chi connectivity index (χ3v) is 7.06. The number of fused-ring (bicyclic) bond motifs is 2. The standard InChI is InChI=1S/C25H28FN7/c1-32-10-12-33(13-11-32)19-5-2-17(3-6-19)30-24-27-15-21(26)23(31-24)29-18-4-7-20-22(14-18)28-16-25(20)8-9-25/h2-7,14-15,28H,8-13,16H2,1H3,(H2,27,29,30,31). The number of anilines is 6. The normalized spacial score (nSPS) is 18.7. The van der Waals surface area contributed by atoms with Crippen molar-refractivity contribution in [1.82, 2.24) is 14.9 Å². The number of aromatic nitrogens is 2. The molecule has 3 heterocycles. The molecule has 8 heteroatoms. The summed E-state index contributed by atoms with van der Waals surface area (Å²) < 4.78 is 14.4. The highest BCUT2D eigenvalue weighted by Crippen LogP contribution is 2.54. The van der Waals surface area contributed by atoms with Crippen LogP contribution in [0.1, 0.15) is 18.4 Å². The van der Waals surface area contributed by atoms with Gasteiger partial charge in [0.2, 0.25) is 5.95 Å². The van der Waals surface area contributed by atoms with E-state index in [-0.39, 0.29) is 5.82 Å². The minimum atomic E-state index is -0.488. The number of nitrogens with zero attached hydrogens (tertiary/aromatic N) is 4. The first kappa shape index (κ1) is 20.2. The summed E-state index contributed by atoms with van der Waals surface area (Å²) in [6.45, 7) is 5.19. The first-order chi connectivity index (χ1) is 16.1. The van der Waals surface area contributed by atoms with Gasteiger partial charge in [-0.3, -0.25) is 0 Å². The lowest BCUT2D eigenvalue weighted by molar-refractivity contribution is 0.313. The average molecular weight is 446 g/mol. The smallest absolute Gasteiger partial charge is 0.229 e. The van der Waals surface area contributed by atoms with Gasteiger partial charge in [0.15, 0.2) is 11.6 Å². The molecule has 0 atom stereocenters. The molecule has 1 spiro atoms. The number of nitrogens with one attached hydrogen (secondary N) is 3. The lowest BCUT2D eigenvalue weighted by atomic mass is 9.98. The maximum Gasteiger partial charge on any atom is 0.229 e. The molecule has 0 bridgehead atoms. The van der Waals surface area contributed by atoms with Crippen LogP contribution < -0.4 is 20.9 Å². The topological polar surface area (TPSA) is 68.3 Å². The van der Waals surface area contributed by atoms with Crippen LogP contribution in [-0.4, -0.2) is 54.6 Å². The van der Waals surface area contributed by atoms with E-state index in [4.69, 9.17) is 0 Å². The molecule has 2 aliphatic heterocycles. The molecular weight excluding hydrogens is 417 g/mol. The van der Waals surface area contributed by atoms with E-state index in [1.807, 2.05) is 24.3 Å². The Kier molecular flexibility index (Phi) is 4.83. The number of rotatable bonds is 5. The zero-order valence-corrected chi connectivity index (χ0v) is 18.7. The molecule has 3 N–H and O–H groups in total. The van der Waals surface area contributed by atoms with Crippen LogP contribution >= 0.6 is 0 Å². The van der Waals surface area contributed by atoms with Crippen molar-refractivity contribution >= 4 is 34.5 Å². The van der Waals surface area contributed by atoms with Crippen molar-refractivity contribution < 1.29 is 4.39 Å². The summed E-state index contributed by atoms with van der Waals surface area (Å²) in [5.74, 6) is 0.0150. The van der Waals surface area contributed by atoms with Gasteiger partial charge in [-0.1, -0.05) is 6.07 Å². The molecule has 3 aromatic rings. The monoisotopic (exact) mass is 445 g/mol. The predicted octanol–water partition coefficient (Wildman–Crippen LogP) is 4.31. The Morgan fingerprint density at radius 3 is 2.48 bits per heavy atom. The molecule has 6 rings (SSSR count). The predicted molar refractivity (Wildman–Crippen MR) is 131 cm³/mol. The van der Waals surface area contributed by atoms with Crippen LogP contribution in [-0.2, 0) is 5.41 Å². The third-order valence-electron chi connectivity index (χ3n) is 7.06. The Bertz CT molecular complexity index is 1170. The number of halogens is 1. The van der Waals surface area contributed by atoms with Crippen molar-refractivity contribution in [3.05, 3.63) is 60.0 Å². The van der Waals surface area contributed by atoms with Crippen LogP contribution in [0.5, 0.6) is 0 Å². The molecule has 1 aliphatic carbocycles. The maximum atomic E-state index is 14.4. The first-order valence-electron chi connectivity index (χ1n) is 11.6. The van der Waals surface area contributed by atoms with E-state index in [1.165, 1.54) is 30.3 Å². The summed E-state index contributed by atoms with van der Waals surface area (Å²) >= 11 is 0. The van der Waals surface area contributed by atoms with E-state index in [0.717, 1.165) is 49.8 Å². The van der Waals surface area contributed by atoms with Gasteiger partial charge < -0.3 is 25.8 Å². The second-order valence-corrected chi connectivity index (χ2v) is 9.37. The van der Waals surface area contributed by atoms with E-state index in [9.17, 15) is 4.39 Å². The summed E-state index contributed by atoms with van der Waals surface area (Å²) in [7, 11) is 2.15. The molecule has 170 valence electrons. The minimum absolute atomic E-state index is 0.153. The zero-order chi connectivity index (χ0) is 22.4. The van der Waals surface area contributed by atoms with Crippen LogP contribution in [0, 0.1) is 5.82 Å². The highest BCUT2D eigenvalue weighted by atomic mass is 19.1. The Morgan fingerprint density at radius 2 is 1.73 bits per heavy atom. The molecule has 1 saturated heterocycles. The second kappa shape index (κ2) is 7.88. The van der Waals surface area contributed by atoms with Gasteiger partial charge in [0, 0.05) is 60.9 Å². The van der Waals surface area contributed by atoms with Gasteiger partial charge in [-0.05, 0) is 61.9 Å². The molecule has 2 aromatic carbocycles. The van der Waals surface area contributed by atoms with Crippen molar-refractivity contribution in [2.75, 3.05) is 60.6 Å². The summed E-state index contributed by atoms with van der Waals surface area (Å²) in [4.78, 5) is 13.2. The first-order valence-corrected chi connectivity index (χ1v) is 11.6. The van der Waals surface area contributed by atoms with Crippen LogP contribution in [0.4, 0.5) is 38.9 Å². The number of likely N-dealkylation sites (N-methyl/N-ethyl adjacent to an activating group) is 1. The van der Waals surface area contributed by atoms with Crippen LogP contribution in [0.15, 0.2) is 48.7 Å². The van der Waals surface area contributed by atoms with E-state index in [2.05, 4.69) is 61.0 Å². The van der Waals surface area contributed by atoms with Gasteiger partial charge in [0.1, 0.15) is 0 Å². The van der Waals surface area contributed by atoms with E-state index in [1.54, 1.807) is 0 Å². The lowest BCUT2D eigenvalue weighted by Crippen LogP contribution is -2.44. The molecule has 1 aromatic heterocycles. The Hall–Kier alpha value is -3.39. The van der Waals surface area contributed by atoms with Gasteiger partial charge in [-0.15, -0.1) is 0 Å². The van der Waals surface area contributed by atoms with Crippen molar-refractivity contribution in [1.29, 1.82) is 0 Å². The summed E-state index contributed by atoms with van der Waals surface area (Å²) in [6.07, 6.45) is 3.68. The second-order valence-electron chi connectivity index (χ2n) is 9.37. The molecule has 0 radical (unpaired) electrons. The van der Waals surface area contributed by atoms with Crippen molar-refractivity contribution in [3.63, 3.8) is 0 Å². The summed E-state index contributed by atoms with van der Waals surface area (Å²) in [5.41, 5.74) is 5.71. The highest BCUT2D eigenvalue weighted by Gasteiger charge is 2.48. The molecule has 3 aliphatic rings. The van der Waals surface area contributed by atoms with Gasteiger partial charge in [-0.2, -0.15) is 4.98 Å². The highest BCUT2D eigenvalue weighted by molar-refractivity contribution is 5.71.